The Kier molecular flexibility index (Phi) is 7.16. The molecule has 37 heavy (non-hydrogen) atoms. The van der Waals surface area contributed by atoms with Gasteiger partial charge in [0, 0.05) is 68.7 Å². The normalized spacial score (nSPS) is 18.1. The number of likely N-dealkylation sites (N-methyl/N-ethyl adjacent to an activating group) is 1. The van der Waals surface area contributed by atoms with Crippen molar-refractivity contribution >= 4 is 54.3 Å². The Labute approximate surface area is 230 Å². The van der Waals surface area contributed by atoms with Gasteiger partial charge in [-0.1, -0.05) is 27.3 Å². The largest absolute Gasteiger partial charge is 0.356 e. The highest BCUT2D eigenvalue weighted by Gasteiger charge is 2.27. The molecule has 0 atom stereocenters. The summed E-state index contributed by atoms with van der Waals surface area (Å²) in [6, 6.07) is 11.3. The molecule has 0 amide bonds. The number of nitrogens with zero attached hydrogens (tertiary/aromatic N) is 7. The van der Waals surface area contributed by atoms with Crippen molar-refractivity contribution in [2.75, 3.05) is 56.5 Å². The van der Waals surface area contributed by atoms with Gasteiger partial charge >= 0.3 is 0 Å². The Morgan fingerprint density at radius 3 is 2.59 bits per heavy atom. The van der Waals surface area contributed by atoms with Crippen LogP contribution in [0.1, 0.15) is 24.2 Å². The third-order valence-corrected chi connectivity index (χ3v) is 9.00. The molecule has 0 saturated carbocycles. The first kappa shape index (κ1) is 24.8. The van der Waals surface area contributed by atoms with Crippen molar-refractivity contribution < 1.29 is 0 Å². The lowest BCUT2D eigenvalue weighted by atomic mass is 10.0. The number of aryl methyl sites for hydroxylation is 1. The minimum atomic E-state index is 0.682. The van der Waals surface area contributed by atoms with Crippen molar-refractivity contribution in [3.63, 3.8) is 0 Å². The van der Waals surface area contributed by atoms with Crippen LogP contribution in [0.15, 0.2) is 47.2 Å². The molecule has 0 unspecified atom stereocenters. The number of fused-ring (bicyclic) bond motifs is 1. The third kappa shape index (κ3) is 5.67. The molecular formula is C27H33BrN8S. The lowest BCUT2D eigenvalue weighted by molar-refractivity contribution is 0.0981. The number of thiazole rings is 1. The lowest BCUT2D eigenvalue weighted by Crippen LogP contribution is -2.52. The van der Waals surface area contributed by atoms with Crippen LogP contribution in [0.2, 0.25) is 0 Å². The molecule has 194 valence electrons. The van der Waals surface area contributed by atoms with Crippen LogP contribution in [0.4, 0.5) is 16.8 Å². The summed E-state index contributed by atoms with van der Waals surface area (Å²) in [7, 11) is 2.22. The van der Waals surface area contributed by atoms with E-state index < -0.39 is 0 Å². The van der Waals surface area contributed by atoms with E-state index >= 15 is 0 Å². The van der Waals surface area contributed by atoms with Crippen LogP contribution in [-0.2, 0) is 6.54 Å². The zero-order chi connectivity index (χ0) is 25.4. The summed E-state index contributed by atoms with van der Waals surface area (Å²) in [4.78, 5) is 21.8. The number of aromatic nitrogens is 4. The Bertz CT molecular complexity index is 1370. The summed E-state index contributed by atoms with van der Waals surface area (Å²) in [5.41, 5.74) is 2.20. The van der Waals surface area contributed by atoms with Crippen LogP contribution < -0.4 is 10.2 Å². The van der Waals surface area contributed by atoms with Crippen molar-refractivity contribution in [3.8, 4) is 0 Å². The number of anilines is 3. The minimum Gasteiger partial charge on any atom is -0.356 e. The molecule has 2 aliphatic heterocycles. The molecule has 2 aliphatic rings. The number of piperazine rings is 1. The monoisotopic (exact) mass is 580 g/mol. The number of piperidine rings is 1. The molecule has 2 fully saturated rings. The number of hydrogen-bond donors (Lipinski definition) is 1. The first-order valence-corrected chi connectivity index (χ1v) is 14.6. The van der Waals surface area contributed by atoms with E-state index in [0.717, 1.165) is 56.9 Å². The summed E-state index contributed by atoms with van der Waals surface area (Å²) in [6.07, 6.45) is 6.27. The fourth-order valence-electron chi connectivity index (χ4n) is 5.36. The maximum Gasteiger partial charge on any atom is 0.189 e. The summed E-state index contributed by atoms with van der Waals surface area (Å²) in [5.74, 6) is 2.89. The number of hydrogen-bond acceptors (Lipinski definition) is 8. The molecule has 4 aromatic rings. The predicted molar refractivity (Wildman–Crippen MR) is 155 cm³/mol. The second-order valence-corrected chi connectivity index (χ2v) is 12.1. The van der Waals surface area contributed by atoms with Crippen LogP contribution in [0.25, 0.3) is 10.2 Å². The maximum absolute atomic E-state index is 5.07. The van der Waals surface area contributed by atoms with Gasteiger partial charge in [-0.3, -0.25) is 4.90 Å². The fraction of sp³-hybridized carbons (Fsp3) is 0.444. The molecule has 1 aromatic carbocycles. The molecule has 0 aliphatic carbocycles. The van der Waals surface area contributed by atoms with Gasteiger partial charge in [0.2, 0.25) is 0 Å². The van der Waals surface area contributed by atoms with Gasteiger partial charge in [0.1, 0.15) is 17.5 Å². The molecule has 5 heterocycles. The second-order valence-electron chi connectivity index (χ2n) is 10.1. The highest BCUT2D eigenvalue weighted by molar-refractivity contribution is 9.10. The highest BCUT2D eigenvalue weighted by Crippen LogP contribution is 2.31. The fourth-order valence-corrected chi connectivity index (χ4v) is 6.79. The predicted octanol–water partition coefficient (Wildman–Crippen LogP) is 4.97. The Balaban J connectivity index is 1.23. The van der Waals surface area contributed by atoms with Crippen LogP contribution in [0.5, 0.6) is 0 Å². The topological polar surface area (TPSA) is 65.4 Å². The SMILES string of the molecule is Cc1nccn1Cc1cc(Nc2nc3ccc(Br)cc3s2)nc(N2CCC(N3CCN(C)CC3)CC2)c1. The van der Waals surface area contributed by atoms with Gasteiger partial charge < -0.3 is 19.7 Å². The molecule has 6 rings (SSSR count). The smallest absolute Gasteiger partial charge is 0.189 e. The first-order chi connectivity index (χ1) is 18.0. The van der Waals surface area contributed by atoms with Gasteiger partial charge in [0.15, 0.2) is 5.13 Å². The summed E-state index contributed by atoms with van der Waals surface area (Å²) < 4.78 is 4.39. The second kappa shape index (κ2) is 10.7. The summed E-state index contributed by atoms with van der Waals surface area (Å²) >= 11 is 5.21. The van der Waals surface area contributed by atoms with Crippen LogP contribution >= 0.6 is 27.3 Å². The number of nitrogens with one attached hydrogen (secondary N) is 1. The summed E-state index contributed by atoms with van der Waals surface area (Å²) in [5, 5.41) is 4.37. The molecule has 0 spiro atoms. The zero-order valence-electron chi connectivity index (χ0n) is 21.4. The van der Waals surface area contributed by atoms with Crippen molar-refractivity contribution in [1.82, 2.24) is 29.3 Å². The van der Waals surface area contributed by atoms with Crippen LogP contribution in [0.3, 0.4) is 0 Å². The van der Waals surface area contributed by atoms with Crippen molar-refractivity contribution in [1.29, 1.82) is 0 Å². The molecule has 10 heteroatoms. The van der Waals surface area contributed by atoms with Gasteiger partial charge in [0.25, 0.3) is 0 Å². The molecule has 1 N–H and O–H groups in total. The molecule has 0 bridgehead atoms. The standard InChI is InChI=1S/C27H33BrN8S/c1-19-29-7-10-36(19)18-20-15-25(32-27-30-23-4-3-21(28)17-24(23)37-27)31-26(16-20)35-8-5-22(6-9-35)34-13-11-33(2)12-14-34/h3-4,7,10,15-17,22H,5-6,8-9,11-14,18H2,1-2H3,(H,30,31,32). The van der Waals surface area contributed by atoms with Crippen molar-refractivity contribution in [3.05, 3.63) is 58.6 Å². The van der Waals surface area contributed by atoms with E-state index in [-0.39, 0.29) is 0 Å². The van der Waals surface area contributed by atoms with Gasteiger partial charge in [-0.25, -0.2) is 15.0 Å². The molecule has 0 radical (unpaired) electrons. The number of pyridine rings is 1. The average Bonchev–Trinajstić information content (AvgIpc) is 3.49. The number of halogens is 1. The summed E-state index contributed by atoms with van der Waals surface area (Å²) in [6.45, 7) is 9.60. The van der Waals surface area contributed by atoms with Crippen molar-refractivity contribution in [2.45, 2.75) is 32.4 Å². The first-order valence-electron chi connectivity index (χ1n) is 13.0. The van der Waals surface area contributed by atoms with E-state index in [4.69, 9.17) is 9.97 Å². The Morgan fingerprint density at radius 1 is 1.03 bits per heavy atom. The van der Waals surface area contributed by atoms with E-state index in [2.05, 4.69) is 70.7 Å². The molecule has 2 saturated heterocycles. The zero-order valence-corrected chi connectivity index (χ0v) is 23.8. The highest BCUT2D eigenvalue weighted by atomic mass is 79.9. The van der Waals surface area contributed by atoms with Gasteiger partial charge in [0.05, 0.1) is 10.2 Å². The van der Waals surface area contributed by atoms with Gasteiger partial charge in [-0.15, -0.1) is 0 Å². The molecular weight excluding hydrogens is 548 g/mol. The van der Waals surface area contributed by atoms with Crippen LogP contribution in [0, 0.1) is 6.92 Å². The maximum atomic E-state index is 5.07. The van der Waals surface area contributed by atoms with Crippen molar-refractivity contribution in [2.24, 2.45) is 0 Å². The van der Waals surface area contributed by atoms with E-state index in [1.54, 1.807) is 11.3 Å². The van der Waals surface area contributed by atoms with E-state index in [9.17, 15) is 0 Å². The van der Waals surface area contributed by atoms with E-state index in [0.29, 0.717) is 6.04 Å². The quantitative estimate of drug-likeness (QED) is 0.345. The Hall–Kier alpha value is -2.53. The van der Waals surface area contributed by atoms with Crippen LogP contribution in [-0.4, -0.2) is 81.7 Å². The van der Waals surface area contributed by atoms with E-state index in [1.165, 1.54) is 44.6 Å². The molecule has 3 aromatic heterocycles. The number of benzene rings is 1. The van der Waals surface area contributed by atoms with Gasteiger partial charge in [-0.2, -0.15) is 0 Å². The molecule has 8 nitrogen and oxygen atoms in total. The number of rotatable bonds is 6. The lowest BCUT2D eigenvalue weighted by Gasteiger charge is -2.42. The average molecular weight is 582 g/mol. The van der Waals surface area contributed by atoms with Gasteiger partial charge in [-0.05, 0) is 62.7 Å². The Morgan fingerprint density at radius 2 is 1.84 bits per heavy atom. The minimum absolute atomic E-state index is 0.682. The van der Waals surface area contributed by atoms with E-state index in [1.807, 2.05) is 31.5 Å². The number of imidazole rings is 1. The third-order valence-electron chi connectivity index (χ3n) is 7.58.